The molecule has 1 amide bonds. The first-order valence-electron chi connectivity index (χ1n) is 11.2. The second-order valence-electron chi connectivity index (χ2n) is 8.30. The van der Waals surface area contributed by atoms with Gasteiger partial charge in [0.2, 0.25) is 5.75 Å². The van der Waals surface area contributed by atoms with E-state index in [0.717, 1.165) is 35.7 Å². The van der Waals surface area contributed by atoms with Gasteiger partial charge in [0.05, 0.1) is 31.9 Å². The molecular formula is C26H30N2O4S. The van der Waals surface area contributed by atoms with Gasteiger partial charge in [0.1, 0.15) is 0 Å². The van der Waals surface area contributed by atoms with Crippen molar-refractivity contribution < 1.29 is 19.0 Å². The van der Waals surface area contributed by atoms with E-state index in [-0.39, 0.29) is 11.9 Å². The van der Waals surface area contributed by atoms with Crippen LogP contribution in [-0.4, -0.2) is 43.3 Å². The molecule has 6 nitrogen and oxygen atoms in total. The van der Waals surface area contributed by atoms with Gasteiger partial charge < -0.3 is 14.2 Å². The van der Waals surface area contributed by atoms with Gasteiger partial charge in [0, 0.05) is 6.04 Å². The van der Waals surface area contributed by atoms with Crippen LogP contribution in [0.2, 0.25) is 0 Å². The highest BCUT2D eigenvalue weighted by atomic mass is 32.2. The number of carbonyl (C=O) groups excluding carboxylic acids is 1. The molecule has 4 rings (SSSR count). The van der Waals surface area contributed by atoms with E-state index in [1.54, 1.807) is 21.3 Å². The van der Waals surface area contributed by atoms with Gasteiger partial charge in [0.25, 0.3) is 5.91 Å². The molecular weight excluding hydrogens is 436 g/mol. The molecule has 1 aliphatic heterocycles. The van der Waals surface area contributed by atoms with Crippen molar-refractivity contribution in [1.29, 1.82) is 0 Å². The van der Waals surface area contributed by atoms with Crippen molar-refractivity contribution in [3.05, 3.63) is 52.9 Å². The van der Waals surface area contributed by atoms with E-state index in [9.17, 15) is 4.79 Å². The number of methoxy groups -OCH3 is 3. The molecule has 2 aromatic carbocycles. The van der Waals surface area contributed by atoms with Crippen LogP contribution in [0.15, 0.2) is 52.4 Å². The number of para-hydroxylation sites is 1. The minimum absolute atomic E-state index is 0.00202. The van der Waals surface area contributed by atoms with Gasteiger partial charge in [-0.15, -0.1) is 0 Å². The maximum absolute atomic E-state index is 13.7. The van der Waals surface area contributed by atoms with E-state index < -0.39 is 0 Å². The van der Waals surface area contributed by atoms with E-state index in [2.05, 4.69) is 6.92 Å². The van der Waals surface area contributed by atoms with Crippen molar-refractivity contribution in [1.82, 2.24) is 4.90 Å². The van der Waals surface area contributed by atoms with Crippen LogP contribution in [0.25, 0.3) is 6.08 Å². The summed E-state index contributed by atoms with van der Waals surface area (Å²) in [4.78, 5) is 21.1. The lowest BCUT2D eigenvalue weighted by molar-refractivity contribution is -0.124. The molecule has 2 atom stereocenters. The number of aliphatic imine (C=N–C) groups is 1. The Bertz CT molecular complexity index is 1040. The zero-order chi connectivity index (χ0) is 23.4. The summed E-state index contributed by atoms with van der Waals surface area (Å²) in [7, 11) is 4.74. The van der Waals surface area contributed by atoms with Crippen LogP contribution in [-0.2, 0) is 4.79 Å². The number of rotatable bonds is 6. The summed E-state index contributed by atoms with van der Waals surface area (Å²) in [6, 6.07) is 13.7. The number of hydrogen-bond donors (Lipinski definition) is 0. The Kier molecular flexibility index (Phi) is 7.28. The summed E-state index contributed by atoms with van der Waals surface area (Å²) < 4.78 is 16.4. The average molecular weight is 467 g/mol. The van der Waals surface area contributed by atoms with E-state index in [1.165, 1.54) is 18.2 Å². The first-order chi connectivity index (χ1) is 16.0. The van der Waals surface area contributed by atoms with Crippen LogP contribution < -0.4 is 14.2 Å². The molecule has 33 heavy (non-hydrogen) atoms. The van der Waals surface area contributed by atoms with Crippen LogP contribution in [0.4, 0.5) is 5.69 Å². The first-order valence-corrected chi connectivity index (χ1v) is 12.0. The molecule has 0 spiro atoms. The highest BCUT2D eigenvalue weighted by Gasteiger charge is 2.41. The summed E-state index contributed by atoms with van der Waals surface area (Å²) in [5.41, 5.74) is 1.65. The van der Waals surface area contributed by atoms with Crippen LogP contribution in [0.3, 0.4) is 0 Å². The maximum atomic E-state index is 13.7. The quantitative estimate of drug-likeness (QED) is 0.497. The number of hydrogen-bond acceptors (Lipinski definition) is 6. The number of amides is 1. The third-order valence-corrected chi connectivity index (χ3v) is 7.18. The fourth-order valence-electron chi connectivity index (χ4n) is 4.49. The summed E-state index contributed by atoms with van der Waals surface area (Å²) in [5.74, 6) is 2.06. The third kappa shape index (κ3) is 4.88. The van der Waals surface area contributed by atoms with Gasteiger partial charge in [-0.3, -0.25) is 9.69 Å². The lowest BCUT2D eigenvalue weighted by Gasteiger charge is -2.35. The zero-order valence-corrected chi connectivity index (χ0v) is 20.4. The number of ether oxygens (including phenoxy) is 3. The van der Waals surface area contributed by atoms with Crippen LogP contribution in [0.1, 0.15) is 38.2 Å². The Hall–Kier alpha value is -2.93. The molecule has 7 heteroatoms. The predicted molar refractivity (Wildman–Crippen MR) is 133 cm³/mol. The first kappa shape index (κ1) is 23.2. The summed E-state index contributed by atoms with van der Waals surface area (Å²) in [5, 5.41) is 0.739. The van der Waals surface area contributed by atoms with Crippen molar-refractivity contribution >= 4 is 34.6 Å². The minimum atomic E-state index is 0.00202. The molecule has 1 saturated carbocycles. The smallest absolute Gasteiger partial charge is 0.267 e. The van der Waals surface area contributed by atoms with E-state index >= 15 is 0 Å². The van der Waals surface area contributed by atoms with Crippen molar-refractivity contribution in [2.24, 2.45) is 10.9 Å². The molecule has 1 saturated heterocycles. The number of amidine groups is 1. The van der Waals surface area contributed by atoms with Crippen LogP contribution >= 0.6 is 11.8 Å². The standard InChI is InChI=1S/C26H30N2O4S/c1-17-10-8-9-13-20(17)28-25(29)23(33-26(28)27-19-11-6-5-7-12-19)16-18-14-21(30-2)24(32-4)22(15-18)31-3/h5-7,11-12,14-17,20H,8-10,13H2,1-4H3/b23-16-,27-26?/t17-,20-/m0/s1. The van der Waals surface area contributed by atoms with Crippen LogP contribution in [0, 0.1) is 5.92 Å². The van der Waals surface area contributed by atoms with Gasteiger partial charge in [-0.1, -0.05) is 38.0 Å². The maximum Gasteiger partial charge on any atom is 0.267 e. The molecule has 2 fully saturated rings. The molecule has 0 aromatic heterocycles. The van der Waals surface area contributed by atoms with Gasteiger partial charge in [-0.25, -0.2) is 4.99 Å². The van der Waals surface area contributed by atoms with Gasteiger partial charge in [-0.2, -0.15) is 0 Å². The normalized spacial score (nSPS) is 23.3. The van der Waals surface area contributed by atoms with E-state index in [0.29, 0.717) is 28.1 Å². The van der Waals surface area contributed by atoms with Gasteiger partial charge in [-0.05, 0) is 66.4 Å². The summed E-state index contributed by atoms with van der Waals surface area (Å²) >= 11 is 1.42. The van der Waals surface area contributed by atoms with E-state index in [4.69, 9.17) is 19.2 Å². The Morgan fingerprint density at radius 1 is 1.00 bits per heavy atom. The van der Waals surface area contributed by atoms with Crippen LogP contribution in [0.5, 0.6) is 17.2 Å². The fourth-order valence-corrected chi connectivity index (χ4v) is 5.53. The third-order valence-electron chi connectivity index (χ3n) is 6.20. The fraction of sp³-hybridized carbons (Fsp3) is 0.385. The molecule has 0 radical (unpaired) electrons. The number of carbonyl (C=O) groups is 1. The Balaban J connectivity index is 1.75. The van der Waals surface area contributed by atoms with Gasteiger partial charge in [0.15, 0.2) is 16.7 Å². The second-order valence-corrected chi connectivity index (χ2v) is 9.31. The highest BCUT2D eigenvalue weighted by molar-refractivity contribution is 8.18. The number of thioether (sulfide) groups is 1. The van der Waals surface area contributed by atoms with Gasteiger partial charge >= 0.3 is 0 Å². The monoisotopic (exact) mass is 466 g/mol. The largest absolute Gasteiger partial charge is 0.493 e. The number of nitrogens with zero attached hydrogens (tertiary/aromatic N) is 2. The summed E-state index contributed by atoms with van der Waals surface area (Å²) in [6.45, 7) is 2.24. The zero-order valence-electron chi connectivity index (χ0n) is 19.5. The Labute approximate surface area is 199 Å². The van der Waals surface area contributed by atoms with Crippen molar-refractivity contribution in [3.8, 4) is 17.2 Å². The molecule has 0 bridgehead atoms. The van der Waals surface area contributed by atoms with Crippen molar-refractivity contribution in [2.45, 2.75) is 38.6 Å². The predicted octanol–water partition coefficient (Wildman–Crippen LogP) is 5.90. The minimum Gasteiger partial charge on any atom is -0.493 e. The molecule has 2 aromatic rings. The molecule has 0 unspecified atom stereocenters. The average Bonchev–Trinajstić information content (AvgIpc) is 3.13. The Morgan fingerprint density at radius 2 is 1.67 bits per heavy atom. The van der Waals surface area contributed by atoms with Crippen molar-refractivity contribution in [2.75, 3.05) is 21.3 Å². The SMILES string of the molecule is COc1cc(/C=C2\SC(=Nc3ccccc3)N([C@H]3CCCC[C@@H]3C)C2=O)cc(OC)c1OC. The van der Waals surface area contributed by atoms with Crippen molar-refractivity contribution in [3.63, 3.8) is 0 Å². The number of benzene rings is 2. The molecule has 2 aliphatic rings. The highest BCUT2D eigenvalue weighted by Crippen LogP contribution is 2.42. The lowest BCUT2D eigenvalue weighted by atomic mass is 9.85. The lowest BCUT2D eigenvalue weighted by Crippen LogP contribution is -2.44. The molecule has 1 aliphatic carbocycles. The Morgan fingerprint density at radius 3 is 2.27 bits per heavy atom. The molecule has 0 N–H and O–H groups in total. The summed E-state index contributed by atoms with van der Waals surface area (Å²) in [6.07, 6.45) is 6.36. The second kappa shape index (κ2) is 10.3. The molecule has 174 valence electrons. The van der Waals surface area contributed by atoms with E-state index in [1.807, 2.05) is 53.4 Å². The topological polar surface area (TPSA) is 60.4 Å². The molecule has 1 heterocycles.